The van der Waals surface area contributed by atoms with Gasteiger partial charge in [0.2, 0.25) is 11.8 Å². The minimum Gasteiger partial charge on any atom is -0.508 e. The predicted octanol–water partition coefficient (Wildman–Crippen LogP) is 8.06. The first-order valence-corrected chi connectivity index (χ1v) is 18.0. The van der Waals surface area contributed by atoms with Crippen LogP contribution in [0.1, 0.15) is 35.4 Å². The number of hydrogen-bond donors (Lipinski definition) is 2. The van der Waals surface area contributed by atoms with Gasteiger partial charge in [-0.15, -0.1) is 0 Å². The molecule has 3 fully saturated rings. The molecule has 0 unspecified atom stereocenters. The Morgan fingerprint density at radius 1 is 0.887 bits per heavy atom. The number of imide groups is 2. The number of nitrogens with one attached hydrogen (secondary N) is 1. The van der Waals surface area contributed by atoms with E-state index in [0.29, 0.717) is 39.7 Å². The lowest BCUT2D eigenvalue weighted by Crippen LogP contribution is -2.53. The number of fused-ring (bicyclic) bond motifs is 4. The topological polar surface area (TPSA) is 120 Å². The molecule has 3 heterocycles. The molecule has 53 heavy (non-hydrogen) atoms. The molecule has 2 aliphatic heterocycles. The van der Waals surface area contributed by atoms with Crippen molar-refractivity contribution >= 4 is 74.3 Å². The molecule has 9 nitrogen and oxygen atoms in total. The highest BCUT2D eigenvalue weighted by atomic mass is 79.9. The van der Waals surface area contributed by atoms with Crippen molar-refractivity contribution in [1.29, 1.82) is 0 Å². The molecule has 4 amide bonds. The maximum Gasteiger partial charge on any atom is 0.417 e. The predicted molar refractivity (Wildman–Crippen MR) is 192 cm³/mol. The van der Waals surface area contributed by atoms with E-state index in [1.165, 1.54) is 17.0 Å². The first kappa shape index (κ1) is 35.3. The number of nitrogens with zero attached hydrogens (tertiary/aromatic N) is 3. The smallest absolute Gasteiger partial charge is 0.417 e. The van der Waals surface area contributed by atoms with Crippen LogP contribution in [0.3, 0.4) is 0 Å². The molecule has 8 rings (SSSR count). The van der Waals surface area contributed by atoms with Crippen LogP contribution in [-0.4, -0.2) is 38.7 Å². The lowest BCUT2D eigenvalue weighted by atomic mass is 9.49. The molecule has 270 valence electrons. The van der Waals surface area contributed by atoms with Gasteiger partial charge in [0.1, 0.15) is 5.75 Å². The summed E-state index contributed by atoms with van der Waals surface area (Å²) < 4.78 is 41.1. The molecule has 0 spiro atoms. The molecule has 6 atom stereocenters. The lowest BCUT2D eigenvalue weighted by molar-refractivity contribution is -0.139. The monoisotopic (exact) mass is 824 g/mol. The Kier molecular flexibility index (Phi) is 8.47. The minimum absolute atomic E-state index is 0.0195. The zero-order valence-corrected chi connectivity index (χ0v) is 30.2. The summed E-state index contributed by atoms with van der Waals surface area (Å²) in [5.74, 6) is -6.96. The van der Waals surface area contributed by atoms with E-state index in [1.54, 1.807) is 60.7 Å². The molecule has 15 heteroatoms. The molecule has 1 saturated carbocycles. The van der Waals surface area contributed by atoms with Crippen LogP contribution in [0, 0.1) is 23.7 Å². The quantitative estimate of drug-likeness (QED) is 0.154. The lowest BCUT2D eigenvalue weighted by Gasteiger charge is -2.50. The van der Waals surface area contributed by atoms with Gasteiger partial charge >= 0.3 is 6.18 Å². The number of carbonyl (C=O) groups is 4. The molecular weight excluding hydrogens is 800 g/mol. The number of alkyl halides is 3. The van der Waals surface area contributed by atoms with Crippen LogP contribution >= 0.6 is 39.1 Å². The van der Waals surface area contributed by atoms with Gasteiger partial charge in [-0.2, -0.15) is 18.2 Å². The first-order chi connectivity index (χ1) is 25.2. The van der Waals surface area contributed by atoms with Gasteiger partial charge in [-0.1, -0.05) is 75.0 Å². The highest BCUT2D eigenvalue weighted by Gasteiger charge is 2.70. The second-order valence-corrected chi connectivity index (χ2v) is 15.3. The van der Waals surface area contributed by atoms with Gasteiger partial charge in [-0.05, 0) is 84.5 Å². The number of pyridine rings is 1. The van der Waals surface area contributed by atoms with Crippen LogP contribution in [0.5, 0.6) is 5.75 Å². The third kappa shape index (κ3) is 5.46. The third-order valence-electron chi connectivity index (χ3n) is 10.9. The third-order valence-corrected chi connectivity index (χ3v) is 11.9. The number of carbonyl (C=O) groups excluding carboxylic acids is 4. The van der Waals surface area contributed by atoms with Crippen LogP contribution in [0.25, 0.3) is 0 Å². The summed E-state index contributed by atoms with van der Waals surface area (Å²) in [5, 5.41) is 10.9. The van der Waals surface area contributed by atoms with Crippen LogP contribution in [0.15, 0.2) is 101 Å². The maximum absolute atomic E-state index is 15.2. The summed E-state index contributed by atoms with van der Waals surface area (Å²) >= 11 is 15.9. The Balaban J connectivity index is 1.29. The van der Waals surface area contributed by atoms with Crippen molar-refractivity contribution in [3.63, 3.8) is 0 Å². The molecule has 0 radical (unpaired) electrons. The fourth-order valence-corrected chi connectivity index (χ4v) is 9.27. The highest BCUT2D eigenvalue weighted by Crippen LogP contribution is 2.64. The van der Waals surface area contributed by atoms with E-state index in [1.807, 2.05) is 6.08 Å². The fourth-order valence-electron chi connectivity index (χ4n) is 8.67. The molecule has 2 aliphatic carbocycles. The second-order valence-electron chi connectivity index (χ2n) is 13.5. The minimum atomic E-state index is -4.74. The molecule has 1 aromatic heterocycles. The van der Waals surface area contributed by atoms with Crippen LogP contribution in [-0.2, 0) is 30.8 Å². The van der Waals surface area contributed by atoms with Crippen molar-refractivity contribution in [2.75, 3.05) is 10.3 Å². The summed E-state index contributed by atoms with van der Waals surface area (Å²) in [6.45, 7) is 0. The number of amides is 4. The van der Waals surface area contributed by atoms with Crippen LogP contribution < -0.4 is 10.3 Å². The van der Waals surface area contributed by atoms with Gasteiger partial charge < -0.3 is 5.11 Å². The van der Waals surface area contributed by atoms with Gasteiger partial charge in [0, 0.05) is 21.6 Å². The number of hydrazine groups is 1. The normalized spacial score (nSPS) is 26.7. The van der Waals surface area contributed by atoms with Crippen molar-refractivity contribution in [3.8, 4) is 5.75 Å². The summed E-state index contributed by atoms with van der Waals surface area (Å²) in [6, 6.07) is 20.1. The summed E-state index contributed by atoms with van der Waals surface area (Å²) in [4.78, 5) is 63.2. The zero-order chi connectivity index (χ0) is 37.6. The van der Waals surface area contributed by atoms with E-state index < -0.39 is 69.5 Å². The molecular formula is C38H26BrCl2F3N4O5. The van der Waals surface area contributed by atoms with Crippen molar-refractivity contribution in [2.24, 2.45) is 23.7 Å². The average Bonchev–Trinajstić information content (AvgIpc) is 3.50. The number of phenols is 1. The number of hydrogen-bond acceptors (Lipinski definition) is 7. The molecule has 4 aromatic rings. The van der Waals surface area contributed by atoms with Gasteiger partial charge in [-0.25, -0.2) is 4.98 Å². The number of anilines is 2. The van der Waals surface area contributed by atoms with E-state index in [-0.39, 0.29) is 30.3 Å². The standard InChI is InChI=1S/C38H26BrCl2F3N4O5/c39-21-5-9-23(10-6-21)47-33(50)26-14-13-25-27(30(26)35(47)52)16-28-34(51)48(46-32-29(41)15-20(17-45-32)38(42,43)44)36(53)37(28,19-3-7-22(40)8-4-19)31(25)18-1-11-24(49)12-2-18/h1-13,15,17,26-28,30-31,49H,14,16H2,(H,45,46)/t26-,27+,28-,30-,31-,37+/m0/s1. The molecule has 3 aromatic carbocycles. The van der Waals surface area contributed by atoms with Crippen LogP contribution in [0.4, 0.5) is 24.7 Å². The van der Waals surface area contributed by atoms with Gasteiger partial charge in [0.05, 0.1) is 39.4 Å². The Morgan fingerprint density at radius 3 is 2.21 bits per heavy atom. The number of rotatable bonds is 5. The number of aromatic nitrogens is 1. The van der Waals surface area contributed by atoms with Crippen molar-refractivity contribution in [2.45, 2.75) is 30.4 Å². The summed E-state index contributed by atoms with van der Waals surface area (Å²) in [7, 11) is 0. The Hall–Kier alpha value is -4.72. The number of halogens is 6. The summed E-state index contributed by atoms with van der Waals surface area (Å²) in [5.41, 5.74) is 1.86. The first-order valence-electron chi connectivity index (χ1n) is 16.5. The van der Waals surface area contributed by atoms with E-state index >= 15 is 4.79 Å². The van der Waals surface area contributed by atoms with Gasteiger partial charge in [0.15, 0.2) is 5.82 Å². The fraction of sp³-hybridized carbons (Fsp3) is 0.237. The van der Waals surface area contributed by atoms with Crippen molar-refractivity contribution < 1.29 is 37.5 Å². The zero-order valence-electron chi connectivity index (χ0n) is 27.2. The molecule has 2 saturated heterocycles. The van der Waals surface area contributed by atoms with E-state index in [0.717, 1.165) is 9.48 Å². The molecule has 2 N–H and O–H groups in total. The largest absolute Gasteiger partial charge is 0.508 e. The van der Waals surface area contributed by atoms with Crippen LogP contribution in [0.2, 0.25) is 10.0 Å². The summed E-state index contributed by atoms with van der Waals surface area (Å²) in [6.07, 6.45) is -2.14. The van der Waals surface area contributed by atoms with E-state index in [9.17, 15) is 32.7 Å². The number of aromatic hydroxyl groups is 1. The van der Waals surface area contributed by atoms with E-state index in [2.05, 4.69) is 26.3 Å². The van der Waals surface area contributed by atoms with Gasteiger partial charge in [0.25, 0.3) is 11.8 Å². The second kappa shape index (κ2) is 12.7. The highest BCUT2D eigenvalue weighted by molar-refractivity contribution is 9.10. The maximum atomic E-state index is 15.2. The van der Waals surface area contributed by atoms with Crippen molar-refractivity contribution in [1.82, 2.24) is 9.99 Å². The van der Waals surface area contributed by atoms with Crippen molar-refractivity contribution in [3.05, 3.63) is 128 Å². The molecule has 0 bridgehead atoms. The Morgan fingerprint density at radius 2 is 1.57 bits per heavy atom. The number of allylic oxidation sites excluding steroid dienone is 2. The van der Waals surface area contributed by atoms with Gasteiger partial charge in [-0.3, -0.25) is 29.5 Å². The number of phenolic OH excluding ortho intramolecular Hbond substituents is 1. The number of benzene rings is 3. The average molecular weight is 826 g/mol. The Labute approximate surface area is 318 Å². The Bertz CT molecular complexity index is 2240. The molecule has 4 aliphatic rings. The van der Waals surface area contributed by atoms with E-state index in [4.69, 9.17) is 23.2 Å². The SMILES string of the molecule is O=C1[C@@H]2C[C@@H]3C(=CC[C@@H]4C(=O)N(c5ccc(Br)cc5)C(=O)[C@@H]43)[C@H](c3ccc(O)cc3)[C@]2(c2ccc(Cl)cc2)C(=O)N1Nc1ncc(C(F)(F)F)cc1Cl.